The number of hydrogen-bond donors (Lipinski definition) is 2. The highest BCUT2D eigenvalue weighted by atomic mass is 32.1. The summed E-state index contributed by atoms with van der Waals surface area (Å²) >= 11 is 5.39. The second kappa shape index (κ2) is 9.34. The fraction of sp³-hybridized carbons (Fsp3) is 0.231. The van der Waals surface area contributed by atoms with E-state index in [-0.39, 0.29) is 11.0 Å². The van der Waals surface area contributed by atoms with Crippen LogP contribution in [0.25, 0.3) is 16.7 Å². The maximum atomic E-state index is 12.7. The summed E-state index contributed by atoms with van der Waals surface area (Å²) in [6, 6.07) is 17.1. The van der Waals surface area contributed by atoms with E-state index in [1.165, 1.54) is 5.56 Å². The molecule has 0 bridgehead atoms. The Morgan fingerprint density at radius 2 is 1.66 bits per heavy atom. The first-order valence-electron chi connectivity index (χ1n) is 11.4. The lowest BCUT2D eigenvalue weighted by atomic mass is 10.0. The minimum absolute atomic E-state index is 0.184. The maximum Gasteiger partial charge on any atom is 0.257 e. The van der Waals surface area contributed by atoms with E-state index < -0.39 is 0 Å². The summed E-state index contributed by atoms with van der Waals surface area (Å²) in [5.74, 6) is 1.30. The number of aryl methyl sites for hydroxylation is 1. The zero-order chi connectivity index (χ0) is 24.5. The second-order valence-corrected chi connectivity index (χ2v) is 9.07. The van der Waals surface area contributed by atoms with Gasteiger partial charge in [0.05, 0.1) is 5.69 Å². The van der Waals surface area contributed by atoms with E-state index in [9.17, 15) is 4.79 Å². The van der Waals surface area contributed by atoms with Crippen LogP contribution in [0.4, 0.5) is 5.69 Å². The largest absolute Gasteiger partial charge is 0.486 e. The van der Waals surface area contributed by atoms with Crippen LogP contribution in [-0.4, -0.2) is 39.2 Å². The van der Waals surface area contributed by atoms with Crippen molar-refractivity contribution >= 4 is 40.0 Å². The fourth-order valence-electron chi connectivity index (χ4n) is 3.82. The summed E-state index contributed by atoms with van der Waals surface area (Å²) in [6.07, 6.45) is 0. The summed E-state index contributed by atoms with van der Waals surface area (Å²) in [5, 5.41) is 15.2. The van der Waals surface area contributed by atoms with Crippen molar-refractivity contribution in [1.29, 1.82) is 0 Å². The van der Waals surface area contributed by atoms with Gasteiger partial charge in [0.1, 0.15) is 24.2 Å². The van der Waals surface area contributed by atoms with Crippen LogP contribution in [0.3, 0.4) is 0 Å². The molecule has 0 atom stereocenters. The van der Waals surface area contributed by atoms with Crippen molar-refractivity contribution < 1.29 is 14.3 Å². The molecule has 0 aliphatic carbocycles. The van der Waals surface area contributed by atoms with E-state index in [0.717, 1.165) is 22.5 Å². The third-order valence-corrected chi connectivity index (χ3v) is 6.00. The highest BCUT2D eigenvalue weighted by Crippen LogP contribution is 2.30. The second-order valence-electron chi connectivity index (χ2n) is 8.66. The molecule has 0 saturated heterocycles. The first-order valence-corrected chi connectivity index (χ1v) is 11.8. The molecule has 1 aromatic heterocycles. The molecular formula is C26H25N5O3S. The third kappa shape index (κ3) is 4.81. The van der Waals surface area contributed by atoms with Crippen molar-refractivity contribution in [3.05, 3.63) is 71.3 Å². The Balaban J connectivity index is 1.31. The fourth-order valence-corrected chi connectivity index (χ4v) is 4.03. The van der Waals surface area contributed by atoms with Gasteiger partial charge >= 0.3 is 0 Å². The summed E-state index contributed by atoms with van der Waals surface area (Å²) in [7, 11) is 0. The minimum Gasteiger partial charge on any atom is -0.486 e. The normalized spacial score (nSPS) is 12.6. The molecule has 8 nitrogen and oxygen atoms in total. The van der Waals surface area contributed by atoms with Gasteiger partial charge in [-0.1, -0.05) is 26.0 Å². The average molecular weight is 488 g/mol. The number of carbonyl (C=O) groups is 1. The number of fused-ring (bicyclic) bond motifs is 2. The monoisotopic (exact) mass is 487 g/mol. The number of thiocarbonyl (C=S) groups is 1. The molecule has 2 N–H and O–H groups in total. The van der Waals surface area contributed by atoms with E-state index in [1.807, 2.05) is 31.2 Å². The number of nitrogens with one attached hydrogen (secondary N) is 2. The van der Waals surface area contributed by atoms with Crippen LogP contribution in [-0.2, 0) is 0 Å². The Labute approximate surface area is 208 Å². The number of rotatable bonds is 4. The van der Waals surface area contributed by atoms with Crippen molar-refractivity contribution in [2.75, 3.05) is 18.5 Å². The highest BCUT2D eigenvalue weighted by Gasteiger charge is 2.16. The van der Waals surface area contributed by atoms with Gasteiger partial charge in [-0.25, -0.2) is 0 Å². The molecule has 0 saturated carbocycles. The molecule has 4 aromatic rings. The molecule has 178 valence electrons. The maximum absolute atomic E-state index is 12.7. The molecule has 3 aromatic carbocycles. The van der Waals surface area contributed by atoms with Gasteiger partial charge in [0.15, 0.2) is 16.6 Å². The van der Waals surface area contributed by atoms with Crippen LogP contribution in [0.5, 0.6) is 11.5 Å². The number of hydrogen-bond acceptors (Lipinski definition) is 6. The van der Waals surface area contributed by atoms with Crippen LogP contribution >= 0.6 is 12.2 Å². The number of carbonyl (C=O) groups excluding carboxylic acids is 1. The molecule has 0 unspecified atom stereocenters. The Bertz CT molecular complexity index is 1430. The topological polar surface area (TPSA) is 90.3 Å². The Morgan fingerprint density at radius 1 is 0.971 bits per heavy atom. The van der Waals surface area contributed by atoms with Crippen molar-refractivity contribution in [3.8, 4) is 17.2 Å². The van der Waals surface area contributed by atoms with Crippen LogP contribution in [0, 0.1) is 6.92 Å². The van der Waals surface area contributed by atoms with Gasteiger partial charge in [-0.2, -0.15) is 4.80 Å². The highest BCUT2D eigenvalue weighted by molar-refractivity contribution is 7.80. The number of benzene rings is 3. The summed E-state index contributed by atoms with van der Waals surface area (Å²) in [6.45, 7) is 7.22. The molecule has 0 radical (unpaired) electrons. The van der Waals surface area contributed by atoms with Gasteiger partial charge in [-0.3, -0.25) is 10.1 Å². The average Bonchev–Trinajstić information content (AvgIpc) is 3.26. The lowest BCUT2D eigenvalue weighted by Crippen LogP contribution is -2.34. The van der Waals surface area contributed by atoms with Crippen LogP contribution in [0.1, 0.15) is 41.3 Å². The van der Waals surface area contributed by atoms with E-state index in [2.05, 4.69) is 46.8 Å². The van der Waals surface area contributed by atoms with Crippen LogP contribution < -0.4 is 20.1 Å². The molecule has 9 heteroatoms. The Kier molecular flexibility index (Phi) is 6.08. The molecule has 1 aliphatic rings. The lowest BCUT2D eigenvalue weighted by Gasteiger charge is -2.18. The molecule has 1 aliphatic heterocycles. The lowest BCUT2D eigenvalue weighted by molar-refractivity contribution is 0.0976. The molecule has 35 heavy (non-hydrogen) atoms. The van der Waals surface area contributed by atoms with Gasteiger partial charge in [0.2, 0.25) is 0 Å². The molecule has 5 rings (SSSR count). The number of aromatic nitrogens is 3. The SMILES string of the molecule is Cc1cc2nn(-c3ccc(C(C)C)cc3)nc2cc1NC(=S)NC(=O)c1ccc2c(c1)OCCO2. The Hall–Kier alpha value is -3.98. The molecule has 0 fully saturated rings. The van der Waals surface area contributed by atoms with Crippen LogP contribution in [0.15, 0.2) is 54.6 Å². The number of nitrogens with zero attached hydrogens (tertiary/aromatic N) is 3. The van der Waals surface area contributed by atoms with Crippen molar-refractivity contribution in [2.45, 2.75) is 26.7 Å². The number of amides is 1. The molecule has 2 heterocycles. The number of anilines is 1. The van der Waals surface area contributed by atoms with Gasteiger partial charge in [0.25, 0.3) is 5.91 Å². The van der Waals surface area contributed by atoms with Crippen molar-refractivity contribution in [1.82, 2.24) is 20.3 Å². The van der Waals surface area contributed by atoms with E-state index in [0.29, 0.717) is 41.7 Å². The third-order valence-electron chi connectivity index (χ3n) is 5.80. The zero-order valence-corrected chi connectivity index (χ0v) is 20.5. The van der Waals surface area contributed by atoms with Gasteiger partial charge in [0, 0.05) is 11.3 Å². The predicted molar refractivity (Wildman–Crippen MR) is 139 cm³/mol. The first kappa shape index (κ1) is 22.8. The zero-order valence-electron chi connectivity index (χ0n) is 19.7. The number of ether oxygens (including phenoxy) is 2. The minimum atomic E-state index is -0.339. The smallest absolute Gasteiger partial charge is 0.257 e. The quantitative estimate of drug-likeness (QED) is 0.402. The van der Waals surface area contributed by atoms with Gasteiger partial charge < -0.3 is 14.8 Å². The summed E-state index contributed by atoms with van der Waals surface area (Å²) < 4.78 is 11.1. The Morgan fingerprint density at radius 3 is 2.37 bits per heavy atom. The van der Waals surface area contributed by atoms with Crippen molar-refractivity contribution in [2.24, 2.45) is 0 Å². The summed E-state index contributed by atoms with van der Waals surface area (Å²) in [4.78, 5) is 14.3. The van der Waals surface area contributed by atoms with Crippen molar-refractivity contribution in [3.63, 3.8) is 0 Å². The van der Waals surface area contributed by atoms with Crippen LogP contribution in [0.2, 0.25) is 0 Å². The van der Waals surface area contributed by atoms with Gasteiger partial charge in [-0.15, -0.1) is 10.2 Å². The first-order chi connectivity index (χ1) is 16.9. The van der Waals surface area contributed by atoms with Gasteiger partial charge in [-0.05, 0) is 78.7 Å². The standard InChI is InChI=1S/C26H25N5O3S/c1-15(2)17-4-7-19(8-5-17)31-29-21-12-16(3)20(14-22(21)30-31)27-26(35)28-25(32)18-6-9-23-24(13-18)34-11-10-33-23/h4-9,12-15H,10-11H2,1-3H3,(H2,27,28,32,35). The molecular weight excluding hydrogens is 462 g/mol. The van der Waals surface area contributed by atoms with E-state index >= 15 is 0 Å². The molecule has 1 amide bonds. The predicted octanol–water partition coefficient (Wildman–Crippen LogP) is 4.75. The molecule has 0 spiro atoms. The van der Waals surface area contributed by atoms with E-state index in [1.54, 1.807) is 23.0 Å². The van der Waals surface area contributed by atoms with E-state index in [4.69, 9.17) is 21.7 Å². The summed E-state index contributed by atoms with van der Waals surface area (Å²) in [5.41, 5.74) is 5.73.